The first-order valence-corrected chi connectivity index (χ1v) is 8.33. The van der Waals surface area contributed by atoms with Crippen molar-refractivity contribution in [3.8, 4) is 5.75 Å². The lowest BCUT2D eigenvalue weighted by molar-refractivity contribution is -1.00. The van der Waals surface area contributed by atoms with Gasteiger partial charge in [-0.15, -0.1) is 0 Å². The second-order valence-electron chi connectivity index (χ2n) is 7.44. The Morgan fingerprint density at radius 1 is 1.10 bits per heavy atom. The lowest BCUT2D eigenvalue weighted by Gasteiger charge is -2.27. The van der Waals surface area contributed by atoms with Crippen LogP contribution < -0.4 is 14.5 Å². The summed E-state index contributed by atoms with van der Waals surface area (Å²) >= 11 is 0. The number of hydrogen-bond donors (Lipinski definition) is 2. The average molecular weight is 292 g/mol. The quantitative estimate of drug-likeness (QED) is 0.740. The molecule has 0 amide bonds. The summed E-state index contributed by atoms with van der Waals surface area (Å²) in [6.45, 7) is 14.0. The third-order valence-electron chi connectivity index (χ3n) is 4.45. The van der Waals surface area contributed by atoms with E-state index in [1.807, 2.05) is 0 Å². The highest BCUT2D eigenvalue weighted by Gasteiger charge is 2.19. The Labute approximate surface area is 129 Å². The van der Waals surface area contributed by atoms with E-state index in [0.29, 0.717) is 0 Å². The Kier molecular flexibility index (Phi) is 5.65. The van der Waals surface area contributed by atoms with Crippen molar-refractivity contribution in [3.63, 3.8) is 0 Å². The van der Waals surface area contributed by atoms with Gasteiger partial charge in [0.25, 0.3) is 0 Å². The normalized spacial score (nSPS) is 23.0. The maximum Gasteiger partial charge on any atom is 0.127 e. The number of piperazine rings is 1. The van der Waals surface area contributed by atoms with Crippen LogP contribution in [0.3, 0.4) is 0 Å². The van der Waals surface area contributed by atoms with Crippen LogP contribution in [-0.4, -0.2) is 46.4 Å². The van der Waals surface area contributed by atoms with Gasteiger partial charge in [0.15, 0.2) is 0 Å². The average Bonchev–Trinajstić information content (AvgIpc) is 2.45. The molecule has 0 atom stereocenters. The lowest BCUT2D eigenvalue weighted by atomic mass is 9.87. The molecule has 1 aromatic rings. The Morgan fingerprint density at radius 3 is 2.48 bits per heavy atom. The highest BCUT2D eigenvalue weighted by Crippen LogP contribution is 2.25. The third-order valence-corrected chi connectivity index (χ3v) is 4.45. The first-order valence-electron chi connectivity index (χ1n) is 8.33. The maximum atomic E-state index is 5.94. The van der Waals surface area contributed by atoms with Crippen LogP contribution in [0.5, 0.6) is 5.75 Å². The SMILES string of the molecule is C[NH+]1CC[NH+](CCCOc2cccc(C(C)(C)C)c2)CC1. The first-order chi connectivity index (χ1) is 9.95. The summed E-state index contributed by atoms with van der Waals surface area (Å²) in [4.78, 5) is 3.42. The summed E-state index contributed by atoms with van der Waals surface area (Å²) in [5.74, 6) is 1.01. The van der Waals surface area contributed by atoms with E-state index in [9.17, 15) is 0 Å². The molecule has 0 unspecified atom stereocenters. The van der Waals surface area contributed by atoms with Crippen LogP contribution in [-0.2, 0) is 5.41 Å². The van der Waals surface area contributed by atoms with Crippen molar-refractivity contribution < 1.29 is 14.5 Å². The molecule has 1 aliphatic heterocycles. The number of quaternary nitrogens is 2. The van der Waals surface area contributed by atoms with Gasteiger partial charge in [-0.05, 0) is 23.1 Å². The zero-order valence-corrected chi connectivity index (χ0v) is 14.2. The number of ether oxygens (including phenoxy) is 1. The molecule has 2 N–H and O–H groups in total. The molecule has 3 heteroatoms. The second kappa shape index (κ2) is 7.28. The third kappa shape index (κ3) is 5.33. The molecule has 1 aliphatic rings. The highest BCUT2D eigenvalue weighted by molar-refractivity contribution is 5.32. The predicted molar refractivity (Wildman–Crippen MR) is 87.4 cm³/mol. The topological polar surface area (TPSA) is 18.1 Å². The summed E-state index contributed by atoms with van der Waals surface area (Å²) in [6, 6.07) is 8.54. The van der Waals surface area contributed by atoms with Gasteiger partial charge in [0.1, 0.15) is 31.9 Å². The smallest absolute Gasteiger partial charge is 0.127 e. The Bertz CT molecular complexity index is 431. The second-order valence-corrected chi connectivity index (χ2v) is 7.44. The molecule has 0 saturated carbocycles. The van der Waals surface area contributed by atoms with E-state index in [2.05, 4.69) is 52.1 Å². The van der Waals surface area contributed by atoms with Crippen molar-refractivity contribution in [2.45, 2.75) is 32.6 Å². The number of rotatable bonds is 5. The minimum Gasteiger partial charge on any atom is -0.493 e. The van der Waals surface area contributed by atoms with Crippen LogP contribution in [0.1, 0.15) is 32.8 Å². The monoisotopic (exact) mass is 292 g/mol. The summed E-state index contributed by atoms with van der Waals surface area (Å²) in [7, 11) is 2.29. The number of likely N-dealkylation sites (N-methyl/N-ethyl adjacent to an activating group) is 1. The largest absolute Gasteiger partial charge is 0.493 e. The minimum atomic E-state index is 0.186. The van der Waals surface area contributed by atoms with Crippen molar-refractivity contribution >= 4 is 0 Å². The van der Waals surface area contributed by atoms with Crippen LogP contribution in [0.15, 0.2) is 24.3 Å². The fraction of sp³-hybridized carbons (Fsp3) is 0.667. The van der Waals surface area contributed by atoms with Gasteiger partial charge in [-0.2, -0.15) is 0 Å². The molecule has 118 valence electrons. The molecule has 21 heavy (non-hydrogen) atoms. The van der Waals surface area contributed by atoms with Crippen molar-refractivity contribution in [3.05, 3.63) is 29.8 Å². The maximum absolute atomic E-state index is 5.94. The van der Waals surface area contributed by atoms with E-state index >= 15 is 0 Å². The number of hydrogen-bond acceptors (Lipinski definition) is 1. The predicted octanol–water partition coefficient (Wildman–Crippen LogP) is 0.166. The van der Waals surface area contributed by atoms with Gasteiger partial charge < -0.3 is 14.5 Å². The van der Waals surface area contributed by atoms with Crippen LogP contribution in [0.2, 0.25) is 0 Å². The summed E-state index contributed by atoms with van der Waals surface area (Å²) < 4.78 is 5.94. The Morgan fingerprint density at radius 2 is 1.81 bits per heavy atom. The van der Waals surface area contributed by atoms with Gasteiger partial charge in [-0.3, -0.25) is 0 Å². The van der Waals surface area contributed by atoms with E-state index in [-0.39, 0.29) is 5.41 Å². The van der Waals surface area contributed by atoms with Gasteiger partial charge in [-0.1, -0.05) is 32.9 Å². The molecular weight excluding hydrogens is 260 g/mol. The summed E-state index contributed by atoms with van der Waals surface area (Å²) in [5.41, 5.74) is 1.53. The fourth-order valence-electron chi connectivity index (χ4n) is 2.84. The minimum absolute atomic E-state index is 0.186. The summed E-state index contributed by atoms with van der Waals surface area (Å²) in [5, 5.41) is 0. The van der Waals surface area contributed by atoms with Gasteiger partial charge in [-0.25, -0.2) is 0 Å². The molecule has 0 aliphatic carbocycles. The van der Waals surface area contributed by atoms with Crippen molar-refractivity contribution in [2.75, 3.05) is 46.4 Å². The molecular formula is C18H32N2O+2. The van der Waals surface area contributed by atoms with E-state index < -0.39 is 0 Å². The van der Waals surface area contributed by atoms with Crippen molar-refractivity contribution in [1.82, 2.24) is 0 Å². The Balaban J connectivity index is 1.71. The molecule has 0 aromatic heterocycles. The molecule has 0 radical (unpaired) electrons. The van der Waals surface area contributed by atoms with E-state index in [4.69, 9.17) is 4.74 Å². The first kappa shape index (κ1) is 16.3. The van der Waals surface area contributed by atoms with E-state index in [1.54, 1.807) is 9.80 Å². The van der Waals surface area contributed by atoms with Crippen LogP contribution in [0, 0.1) is 0 Å². The molecule has 3 nitrogen and oxygen atoms in total. The van der Waals surface area contributed by atoms with Gasteiger partial charge in [0, 0.05) is 6.42 Å². The van der Waals surface area contributed by atoms with Gasteiger partial charge in [0.2, 0.25) is 0 Å². The highest BCUT2D eigenvalue weighted by atomic mass is 16.5. The van der Waals surface area contributed by atoms with E-state index in [0.717, 1.165) is 18.8 Å². The molecule has 1 fully saturated rings. The number of nitrogens with one attached hydrogen (secondary N) is 2. The fourth-order valence-corrected chi connectivity index (χ4v) is 2.84. The molecule has 0 spiro atoms. The van der Waals surface area contributed by atoms with E-state index in [1.165, 1.54) is 38.3 Å². The Hall–Kier alpha value is -1.06. The molecule has 1 aromatic carbocycles. The molecule has 0 bridgehead atoms. The lowest BCUT2D eigenvalue weighted by Crippen LogP contribution is -3.27. The standard InChI is InChI=1S/C18H30N2O/c1-18(2,3)16-7-5-8-17(15-16)21-14-6-9-20-12-10-19(4)11-13-20/h5,7-8,15H,6,9-14H2,1-4H3/p+2. The molecule has 1 heterocycles. The van der Waals surface area contributed by atoms with Crippen LogP contribution in [0.25, 0.3) is 0 Å². The zero-order valence-electron chi connectivity index (χ0n) is 14.2. The van der Waals surface area contributed by atoms with Gasteiger partial charge in [0.05, 0.1) is 20.2 Å². The summed E-state index contributed by atoms with van der Waals surface area (Å²) in [6.07, 6.45) is 1.15. The number of benzene rings is 1. The van der Waals surface area contributed by atoms with Crippen LogP contribution >= 0.6 is 0 Å². The van der Waals surface area contributed by atoms with Crippen molar-refractivity contribution in [2.24, 2.45) is 0 Å². The molecule has 2 rings (SSSR count). The van der Waals surface area contributed by atoms with Crippen LogP contribution in [0.4, 0.5) is 0 Å². The molecule has 1 saturated heterocycles. The van der Waals surface area contributed by atoms with Crippen molar-refractivity contribution in [1.29, 1.82) is 0 Å². The zero-order chi connectivity index (χ0) is 15.3. The van der Waals surface area contributed by atoms with Gasteiger partial charge >= 0.3 is 0 Å².